The maximum absolute atomic E-state index is 16.1. The Morgan fingerprint density at radius 2 is 1.84 bits per heavy atom. The maximum Gasteiger partial charge on any atom is 0.407 e. The number of hydrogen-bond donors (Lipinski definition) is 3. The fourth-order valence-electron chi connectivity index (χ4n) is 4.91. The quantitative estimate of drug-likeness (QED) is 0.187. The smallest absolute Gasteiger partial charge is 0.407 e. The molecule has 0 spiro atoms. The van der Waals surface area contributed by atoms with Gasteiger partial charge < -0.3 is 15.4 Å². The van der Waals surface area contributed by atoms with Crippen molar-refractivity contribution in [2.24, 2.45) is 0 Å². The summed E-state index contributed by atoms with van der Waals surface area (Å²) in [5.74, 6) is -0.394. The minimum Gasteiger partial charge on any atom is -0.453 e. The Morgan fingerprint density at radius 3 is 2.58 bits per heavy atom. The average molecular weight is 625 g/mol. The lowest BCUT2D eigenvalue weighted by atomic mass is 10.0. The van der Waals surface area contributed by atoms with Crippen molar-refractivity contribution < 1.29 is 22.3 Å². The highest BCUT2D eigenvalue weighted by Gasteiger charge is 2.29. The first-order chi connectivity index (χ1) is 20.7. The molecule has 0 saturated heterocycles. The number of aromatic nitrogens is 3. The second-order valence-electron chi connectivity index (χ2n) is 10.3. The summed E-state index contributed by atoms with van der Waals surface area (Å²) in [7, 11) is -2.46. The number of hydrogen-bond acceptors (Lipinski definition) is 9. The Kier molecular flexibility index (Phi) is 9.51. The molecule has 1 atom stereocenters. The minimum absolute atomic E-state index is 0.111. The van der Waals surface area contributed by atoms with E-state index in [1.165, 1.54) is 24.5 Å². The van der Waals surface area contributed by atoms with Crippen LogP contribution < -0.4 is 15.4 Å². The zero-order chi connectivity index (χ0) is 30.4. The molecule has 13 heteroatoms. The molecule has 4 aromatic rings. The van der Waals surface area contributed by atoms with E-state index in [-0.39, 0.29) is 17.3 Å². The van der Waals surface area contributed by atoms with Crippen molar-refractivity contribution >= 4 is 39.1 Å². The van der Waals surface area contributed by atoms with Crippen LogP contribution in [0.5, 0.6) is 0 Å². The summed E-state index contributed by atoms with van der Waals surface area (Å²) in [6, 6.07) is 15.6. The third kappa shape index (κ3) is 7.28. The summed E-state index contributed by atoms with van der Waals surface area (Å²) in [6.07, 6.45) is 4.86. The molecule has 43 heavy (non-hydrogen) atoms. The molecule has 1 fully saturated rings. The summed E-state index contributed by atoms with van der Waals surface area (Å²) in [4.78, 5) is 25.9. The van der Waals surface area contributed by atoms with Crippen LogP contribution in [-0.4, -0.2) is 54.4 Å². The largest absolute Gasteiger partial charge is 0.453 e. The van der Waals surface area contributed by atoms with Gasteiger partial charge in [0.25, 0.3) is 0 Å². The first-order valence-corrected chi connectivity index (χ1v) is 16.4. The Hall–Kier alpha value is -4.10. The number of rotatable bonds is 10. The first kappa shape index (κ1) is 30.4. The zero-order valence-electron chi connectivity index (χ0n) is 23.8. The van der Waals surface area contributed by atoms with E-state index in [1.807, 2.05) is 30.3 Å². The van der Waals surface area contributed by atoms with E-state index in [0.29, 0.717) is 46.6 Å². The van der Waals surface area contributed by atoms with Crippen LogP contribution >= 0.6 is 11.3 Å². The average Bonchev–Trinajstić information content (AvgIpc) is 3.47. The number of sulfonamides is 1. The Labute approximate surface area is 254 Å². The number of carbonyl (C=O) groups is 1. The fraction of sp³-hybridized carbons (Fsp3) is 0.333. The van der Waals surface area contributed by atoms with Crippen LogP contribution in [0, 0.1) is 5.82 Å². The third-order valence-electron chi connectivity index (χ3n) is 7.15. The van der Waals surface area contributed by atoms with Gasteiger partial charge in [-0.15, -0.1) is 11.3 Å². The summed E-state index contributed by atoms with van der Waals surface area (Å²) in [5.41, 5.74) is 1.74. The Bertz CT molecular complexity index is 1680. The van der Waals surface area contributed by atoms with Gasteiger partial charge in [-0.25, -0.2) is 32.6 Å². The number of methoxy groups -OCH3 is 1. The van der Waals surface area contributed by atoms with Crippen molar-refractivity contribution in [3.8, 4) is 32.4 Å². The SMILES string of the molecule is COC(=O)N[C@@H](C)CNc1nccc(-c2sc(-c3ccccc3)nc2-c2cccc(NS(=O)(=O)C3CCCCC3)c2F)n1. The van der Waals surface area contributed by atoms with E-state index in [0.717, 1.165) is 24.8 Å². The Morgan fingerprint density at radius 1 is 1.07 bits per heavy atom. The van der Waals surface area contributed by atoms with Gasteiger partial charge in [0.1, 0.15) is 5.01 Å². The number of amides is 1. The van der Waals surface area contributed by atoms with Gasteiger partial charge in [0.2, 0.25) is 16.0 Å². The third-order valence-corrected chi connectivity index (χ3v) is 10.1. The van der Waals surface area contributed by atoms with Gasteiger partial charge in [0.05, 0.1) is 34.3 Å². The van der Waals surface area contributed by atoms with Crippen molar-refractivity contribution in [3.05, 3.63) is 66.6 Å². The van der Waals surface area contributed by atoms with Crippen LogP contribution in [0.1, 0.15) is 39.0 Å². The first-order valence-electron chi connectivity index (χ1n) is 14.0. The molecule has 2 aromatic heterocycles. The molecule has 0 radical (unpaired) electrons. The number of nitrogens with one attached hydrogen (secondary N) is 3. The molecule has 1 amide bonds. The van der Waals surface area contributed by atoms with Crippen molar-refractivity contribution in [3.63, 3.8) is 0 Å². The van der Waals surface area contributed by atoms with Gasteiger partial charge in [-0.3, -0.25) is 4.72 Å². The van der Waals surface area contributed by atoms with Crippen molar-refractivity contribution in [1.29, 1.82) is 0 Å². The molecule has 5 rings (SSSR count). The molecule has 2 heterocycles. The molecule has 0 unspecified atom stereocenters. The molecule has 3 N–H and O–H groups in total. The zero-order valence-corrected chi connectivity index (χ0v) is 25.5. The van der Waals surface area contributed by atoms with Gasteiger partial charge in [0.15, 0.2) is 5.82 Å². The molecule has 226 valence electrons. The van der Waals surface area contributed by atoms with E-state index in [9.17, 15) is 13.2 Å². The topological polar surface area (TPSA) is 135 Å². The number of ether oxygens (including phenoxy) is 1. The standard InChI is InChI=1S/C30H33FN6O4S2/c1-19(34-30(38)41-2)18-33-29-32-17-16-24(35-29)27-26(36-28(42-27)20-10-5-3-6-11-20)22-14-9-15-23(25(22)31)37-43(39,40)21-12-7-4-8-13-21/h3,5-6,9-11,14-17,19,21,37H,4,7-8,12-13,18H2,1-2H3,(H,34,38)(H,32,33,35)/t19-/m0/s1. The monoisotopic (exact) mass is 624 g/mol. The predicted molar refractivity (Wildman–Crippen MR) is 167 cm³/mol. The summed E-state index contributed by atoms with van der Waals surface area (Å²) in [5, 5.41) is 5.88. The van der Waals surface area contributed by atoms with E-state index in [4.69, 9.17) is 4.98 Å². The molecule has 1 saturated carbocycles. The molecule has 1 aliphatic carbocycles. The van der Waals surface area contributed by atoms with E-state index < -0.39 is 27.2 Å². The van der Waals surface area contributed by atoms with Crippen LogP contribution in [0.3, 0.4) is 0 Å². The predicted octanol–water partition coefficient (Wildman–Crippen LogP) is 6.30. The van der Waals surface area contributed by atoms with E-state index in [2.05, 4.69) is 30.1 Å². The van der Waals surface area contributed by atoms with Gasteiger partial charge in [0, 0.05) is 29.9 Å². The molecular weight excluding hydrogens is 592 g/mol. The summed E-state index contributed by atoms with van der Waals surface area (Å²) < 4.78 is 49.5. The lowest BCUT2D eigenvalue weighted by molar-refractivity contribution is 0.168. The van der Waals surface area contributed by atoms with Crippen LogP contribution in [0.4, 0.5) is 20.8 Å². The van der Waals surface area contributed by atoms with Crippen molar-refractivity contribution in [2.45, 2.75) is 50.3 Å². The maximum atomic E-state index is 16.1. The van der Waals surface area contributed by atoms with Crippen LogP contribution in [0.2, 0.25) is 0 Å². The number of nitrogens with zero attached hydrogens (tertiary/aromatic N) is 3. The van der Waals surface area contributed by atoms with Crippen molar-refractivity contribution in [1.82, 2.24) is 20.3 Å². The number of benzene rings is 2. The fourth-order valence-corrected chi connectivity index (χ4v) is 7.55. The molecule has 1 aliphatic rings. The summed E-state index contributed by atoms with van der Waals surface area (Å²) >= 11 is 1.35. The molecule has 0 bridgehead atoms. The van der Waals surface area contributed by atoms with E-state index in [1.54, 1.807) is 31.3 Å². The van der Waals surface area contributed by atoms with E-state index >= 15 is 4.39 Å². The van der Waals surface area contributed by atoms with Gasteiger partial charge in [-0.1, -0.05) is 55.7 Å². The number of anilines is 2. The van der Waals surface area contributed by atoms with Crippen LogP contribution in [0.25, 0.3) is 32.4 Å². The van der Waals surface area contributed by atoms with Crippen LogP contribution in [0.15, 0.2) is 60.8 Å². The number of halogens is 1. The minimum atomic E-state index is -3.76. The van der Waals surface area contributed by atoms with Gasteiger partial charge in [-0.05, 0) is 38.0 Å². The van der Waals surface area contributed by atoms with Gasteiger partial charge >= 0.3 is 6.09 Å². The normalized spacial score (nSPS) is 14.6. The molecule has 2 aromatic carbocycles. The number of carbonyl (C=O) groups excluding carboxylic acids is 1. The lowest BCUT2D eigenvalue weighted by Crippen LogP contribution is -2.37. The highest BCUT2D eigenvalue weighted by Crippen LogP contribution is 2.42. The van der Waals surface area contributed by atoms with Crippen molar-refractivity contribution in [2.75, 3.05) is 23.7 Å². The molecule has 10 nitrogen and oxygen atoms in total. The van der Waals surface area contributed by atoms with Gasteiger partial charge in [-0.2, -0.15) is 0 Å². The highest BCUT2D eigenvalue weighted by atomic mass is 32.2. The highest BCUT2D eigenvalue weighted by molar-refractivity contribution is 7.93. The lowest BCUT2D eigenvalue weighted by Gasteiger charge is -2.22. The van der Waals surface area contributed by atoms with Crippen LogP contribution in [-0.2, 0) is 14.8 Å². The Balaban J connectivity index is 1.50. The second-order valence-corrected chi connectivity index (χ2v) is 13.3. The summed E-state index contributed by atoms with van der Waals surface area (Å²) in [6.45, 7) is 2.14. The second kappa shape index (κ2) is 13.5. The number of alkyl carbamates (subject to hydrolysis) is 1. The number of thiazole rings is 1. The molecule has 0 aliphatic heterocycles. The molecular formula is C30H33FN6O4S2.